The third-order valence-electron chi connectivity index (χ3n) is 6.35. The van der Waals surface area contributed by atoms with Crippen LogP contribution in [0.25, 0.3) is 11.1 Å². The van der Waals surface area contributed by atoms with Crippen molar-refractivity contribution in [3.63, 3.8) is 0 Å². The Morgan fingerprint density at radius 3 is 2.11 bits per heavy atom. The van der Waals surface area contributed by atoms with E-state index in [-0.39, 0.29) is 13.4 Å². The van der Waals surface area contributed by atoms with Gasteiger partial charge < -0.3 is 38.5 Å². The Bertz CT molecular complexity index is 1230. The van der Waals surface area contributed by atoms with Gasteiger partial charge in [0.15, 0.2) is 11.5 Å². The summed E-state index contributed by atoms with van der Waals surface area (Å²) in [5.41, 5.74) is 5.07. The molecule has 0 saturated carbocycles. The Hall–Kier alpha value is -3.13. The van der Waals surface area contributed by atoms with Gasteiger partial charge in [0.05, 0.1) is 0 Å². The van der Waals surface area contributed by atoms with Gasteiger partial charge in [-0.3, -0.25) is 0 Å². The highest BCUT2D eigenvalue weighted by Gasteiger charge is 2.18. The first-order valence-electron chi connectivity index (χ1n) is 12.6. The van der Waals surface area contributed by atoms with Crippen LogP contribution in [0, 0.1) is 0 Å². The number of hydrogen-bond donors (Lipinski definition) is 3. The predicted octanol–water partition coefficient (Wildman–Crippen LogP) is 5.07. The van der Waals surface area contributed by atoms with Crippen LogP contribution < -0.4 is 18.7 Å². The quantitative estimate of drug-likeness (QED) is 0.217. The van der Waals surface area contributed by atoms with Crippen molar-refractivity contribution >= 4 is 19.7 Å². The standard InChI is InChI=1S/C29H34NO7P/c1-4-26(22-10-15-27-28(16-22)36-19-35-27)29(21-8-13-25(14-9-21)37-38(32)33)20-6-11-24(12-7-20)34-18-23(31)17-30(3)5-2/h6-16,23,31-33H,4-5,17-19H2,1-3H3. The molecule has 1 unspecified atom stereocenters. The van der Waals surface area contributed by atoms with E-state index < -0.39 is 14.7 Å². The number of aliphatic hydroxyl groups excluding tert-OH is 1. The van der Waals surface area contributed by atoms with Crippen LogP contribution in [0.5, 0.6) is 23.0 Å². The van der Waals surface area contributed by atoms with Crippen molar-refractivity contribution in [1.29, 1.82) is 0 Å². The Morgan fingerprint density at radius 2 is 1.50 bits per heavy atom. The third-order valence-corrected chi connectivity index (χ3v) is 6.73. The van der Waals surface area contributed by atoms with Gasteiger partial charge in [-0.2, -0.15) is 0 Å². The molecule has 1 aliphatic heterocycles. The van der Waals surface area contributed by atoms with Gasteiger partial charge in [-0.25, -0.2) is 0 Å². The lowest BCUT2D eigenvalue weighted by Gasteiger charge is -2.19. The van der Waals surface area contributed by atoms with E-state index in [2.05, 4.69) is 6.92 Å². The van der Waals surface area contributed by atoms with Gasteiger partial charge in [0.25, 0.3) is 0 Å². The summed E-state index contributed by atoms with van der Waals surface area (Å²) in [6.45, 7) is 5.98. The summed E-state index contributed by atoms with van der Waals surface area (Å²) in [6.07, 6.45) is 0.175. The van der Waals surface area contributed by atoms with Crippen LogP contribution in [0.2, 0.25) is 0 Å². The molecular weight excluding hydrogens is 505 g/mol. The van der Waals surface area contributed by atoms with Crippen molar-refractivity contribution < 1.29 is 33.6 Å². The molecule has 0 radical (unpaired) electrons. The number of hydrogen-bond acceptors (Lipinski definition) is 8. The molecule has 0 amide bonds. The fourth-order valence-electron chi connectivity index (χ4n) is 4.35. The lowest BCUT2D eigenvalue weighted by Crippen LogP contribution is -2.32. The maximum atomic E-state index is 10.2. The molecule has 3 aromatic carbocycles. The van der Waals surface area contributed by atoms with E-state index in [1.165, 1.54) is 0 Å². The number of likely N-dealkylation sites (N-methyl/N-ethyl adjacent to an activating group) is 1. The average Bonchev–Trinajstić information content (AvgIpc) is 3.39. The van der Waals surface area contributed by atoms with Gasteiger partial charge >= 0.3 is 8.60 Å². The minimum atomic E-state index is -2.49. The molecule has 0 saturated heterocycles. The molecule has 0 spiro atoms. The maximum absolute atomic E-state index is 10.2. The molecular formula is C29H34NO7P. The molecule has 9 heteroatoms. The van der Waals surface area contributed by atoms with Crippen LogP contribution in [-0.4, -0.2) is 59.4 Å². The summed E-state index contributed by atoms with van der Waals surface area (Å²) >= 11 is 0. The topological polar surface area (TPSA) is 101 Å². The second kappa shape index (κ2) is 13.1. The molecule has 3 aromatic rings. The number of aliphatic hydroxyl groups is 1. The second-order valence-electron chi connectivity index (χ2n) is 8.99. The van der Waals surface area contributed by atoms with E-state index in [0.717, 1.165) is 46.6 Å². The number of nitrogens with zero attached hydrogens (tertiary/aromatic N) is 1. The summed E-state index contributed by atoms with van der Waals surface area (Å²) in [7, 11) is -0.530. The smallest absolute Gasteiger partial charge is 0.391 e. The largest absolute Gasteiger partial charge is 0.491 e. The molecule has 0 aromatic heterocycles. The molecule has 1 heterocycles. The monoisotopic (exact) mass is 539 g/mol. The van der Waals surface area contributed by atoms with E-state index in [9.17, 15) is 14.9 Å². The predicted molar refractivity (Wildman–Crippen MR) is 148 cm³/mol. The van der Waals surface area contributed by atoms with Crippen LogP contribution in [0.3, 0.4) is 0 Å². The lowest BCUT2D eigenvalue weighted by atomic mass is 9.88. The molecule has 0 fully saturated rings. The fraction of sp³-hybridized carbons (Fsp3) is 0.310. The fourth-order valence-corrected chi connectivity index (χ4v) is 4.66. The molecule has 1 atom stereocenters. The van der Waals surface area contributed by atoms with Crippen molar-refractivity contribution in [2.24, 2.45) is 0 Å². The number of rotatable bonds is 12. The molecule has 3 N–H and O–H groups in total. The van der Waals surface area contributed by atoms with E-state index in [0.29, 0.717) is 23.8 Å². The zero-order valence-corrected chi connectivity index (χ0v) is 22.7. The summed E-state index contributed by atoms with van der Waals surface area (Å²) in [5.74, 6) is 2.49. The summed E-state index contributed by atoms with van der Waals surface area (Å²) in [4.78, 5) is 20.5. The van der Waals surface area contributed by atoms with Crippen molar-refractivity contribution in [3.8, 4) is 23.0 Å². The summed E-state index contributed by atoms with van der Waals surface area (Å²) in [5, 5.41) is 10.2. The first-order chi connectivity index (χ1) is 18.4. The zero-order valence-electron chi connectivity index (χ0n) is 21.8. The van der Waals surface area contributed by atoms with E-state index in [4.69, 9.17) is 18.7 Å². The minimum Gasteiger partial charge on any atom is -0.491 e. The van der Waals surface area contributed by atoms with Gasteiger partial charge in [-0.1, -0.05) is 44.2 Å². The van der Waals surface area contributed by atoms with Crippen LogP contribution >= 0.6 is 8.60 Å². The van der Waals surface area contributed by atoms with E-state index >= 15 is 0 Å². The molecule has 1 aliphatic rings. The molecule has 4 rings (SSSR count). The van der Waals surface area contributed by atoms with Crippen molar-refractivity contribution in [2.45, 2.75) is 26.4 Å². The average molecular weight is 540 g/mol. The number of benzene rings is 3. The van der Waals surface area contributed by atoms with Gasteiger partial charge in [0.1, 0.15) is 24.2 Å². The van der Waals surface area contributed by atoms with Crippen LogP contribution in [0.4, 0.5) is 0 Å². The minimum absolute atomic E-state index is 0.210. The number of ether oxygens (including phenoxy) is 3. The molecule has 0 bridgehead atoms. The normalized spacial score (nSPS) is 14.0. The van der Waals surface area contributed by atoms with Gasteiger partial charge in [0.2, 0.25) is 6.79 Å². The van der Waals surface area contributed by atoms with Crippen molar-refractivity contribution in [3.05, 3.63) is 83.4 Å². The number of fused-ring (bicyclic) bond motifs is 1. The molecule has 0 aliphatic carbocycles. The van der Waals surface area contributed by atoms with Crippen molar-refractivity contribution in [2.75, 3.05) is 33.5 Å². The van der Waals surface area contributed by atoms with Crippen molar-refractivity contribution in [1.82, 2.24) is 4.90 Å². The van der Waals surface area contributed by atoms with Gasteiger partial charge in [-0.15, -0.1) is 0 Å². The van der Waals surface area contributed by atoms with Crippen LogP contribution in [0.15, 0.2) is 66.7 Å². The van der Waals surface area contributed by atoms with E-state index in [1.807, 2.05) is 73.5 Å². The zero-order chi connectivity index (χ0) is 27.1. The second-order valence-corrected chi connectivity index (χ2v) is 9.68. The first kappa shape index (κ1) is 27.9. The summed E-state index contributed by atoms with van der Waals surface area (Å²) < 4.78 is 22.0. The summed E-state index contributed by atoms with van der Waals surface area (Å²) in [6, 6.07) is 21.0. The molecule has 8 nitrogen and oxygen atoms in total. The third kappa shape index (κ3) is 7.04. The Labute approximate surface area is 224 Å². The lowest BCUT2D eigenvalue weighted by molar-refractivity contribution is 0.0779. The van der Waals surface area contributed by atoms with E-state index in [1.54, 1.807) is 12.1 Å². The highest BCUT2D eigenvalue weighted by atomic mass is 31.2. The van der Waals surface area contributed by atoms with Crippen LogP contribution in [-0.2, 0) is 0 Å². The Morgan fingerprint density at radius 1 is 0.895 bits per heavy atom. The van der Waals surface area contributed by atoms with Gasteiger partial charge in [-0.05, 0) is 84.2 Å². The van der Waals surface area contributed by atoms with Gasteiger partial charge in [0, 0.05) is 6.54 Å². The van der Waals surface area contributed by atoms with Crippen LogP contribution in [0.1, 0.15) is 37.0 Å². The maximum Gasteiger partial charge on any atom is 0.391 e. The first-order valence-corrected chi connectivity index (χ1v) is 13.7. The number of allylic oxidation sites excluding steroid dienone is 1. The Kier molecular flexibility index (Phi) is 9.61. The SMILES string of the molecule is CCC(=C(c1ccc(OCC(O)CN(C)CC)cc1)c1ccc(OP(O)O)cc1)c1ccc2c(c1)OCO2. The molecule has 202 valence electrons. The molecule has 38 heavy (non-hydrogen) atoms. The highest BCUT2D eigenvalue weighted by molar-refractivity contribution is 7.39. The highest BCUT2D eigenvalue weighted by Crippen LogP contribution is 2.40. The Balaban J connectivity index is 1.67.